The van der Waals surface area contributed by atoms with E-state index in [9.17, 15) is 9.59 Å². The minimum atomic E-state index is -0.452. The van der Waals surface area contributed by atoms with Crippen LogP contribution in [0.5, 0.6) is 0 Å². The second kappa shape index (κ2) is 9.85. The van der Waals surface area contributed by atoms with Gasteiger partial charge in [-0.2, -0.15) is 0 Å². The third kappa shape index (κ3) is 8.95. The minimum Gasteiger partial charge on any atom is -0.396 e. The molecule has 3 N–H and O–H groups in total. The average Bonchev–Trinajstić information content (AvgIpc) is 2.31. The number of hydrogen-bond donors (Lipinski definition) is 3. The average molecular weight is 259 g/mol. The highest BCUT2D eigenvalue weighted by Gasteiger charge is 2.11. The van der Waals surface area contributed by atoms with Gasteiger partial charge in [0.05, 0.1) is 6.54 Å². The molecule has 0 atom stereocenters. The number of imide groups is 1. The largest absolute Gasteiger partial charge is 0.396 e. The van der Waals surface area contributed by atoms with Gasteiger partial charge in [0.2, 0.25) is 5.91 Å². The highest BCUT2D eigenvalue weighted by atomic mass is 16.3. The van der Waals surface area contributed by atoms with Crippen LogP contribution < -0.4 is 10.6 Å². The van der Waals surface area contributed by atoms with E-state index in [2.05, 4.69) is 10.6 Å². The summed E-state index contributed by atoms with van der Waals surface area (Å²) in [6.45, 7) is 8.07. The maximum atomic E-state index is 11.6. The molecule has 0 heterocycles. The van der Waals surface area contributed by atoms with Gasteiger partial charge in [-0.1, -0.05) is 20.8 Å². The third-order valence-corrected chi connectivity index (χ3v) is 2.37. The van der Waals surface area contributed by atoms with Gasteiger partial charge in [0.1, 0.15) is 0 Å². The van der Waals surface area contributed by atoms with Crippen molar-refractivity contribution in [1.29, 1.82) is 0 Å². The van der Waals surface area contributed by atoms with Crippen LogP contribution in [0.15, 0.2) is 0 Å². The van der Waals surface area contributed by atoms with Crippen LogP contribution >= 0.6 is 0 Å². The Morgan fingerprint density at radius 3 is 2.50 bits per heavy atom. The van der Waals surface area contributed by atoms with Gasteiger partial charge < -0.3 is 10.4 Å². The zero-order chi connectivity index (χ0) is 14.0. The quantitative estimate of drug-likeness (QED) is 0.580. The van der Waals surface area contributed by atoms with Crippen molar-refractivity contribution in [3.8, 4) is 0 Å². The molecule has 0 unspecified atom stereocenters. The van der Waals surface area contributed by atoms with Crippen LogP contribution in [-0.2, 0) is 4.79 Å². The molecule has 0 aromatic rings. The first-order valence-electron chi connectivity index (χ1n) is 6.40. The molecule has 0 saturated heterocycles. The number of likely N-dealkylation sites (N-methyl/N-ethyl adjacent to an activating group) is 1. The smallest absolute Gasteiger partial charge is 0.321 e. The van der Waals surface area contributed by atoms with Gasteiger partial charge in [0.15, 0.2) is 0 Å². The van der Waals surface area contributed by atoms with Gasteiger partial charge in [-0.05, 0) is 18.9 Å². The van der Waals surface area contributed by atoms with E-state index in [1.807, 2.05) is 25.7 Å². The fraction of sp³-hybridized carbons (Fsp3) is 0.833. The summed E-state index contributed by atoms with van der Waals surface area (Å²) in [5.74, 6) is 0.0265. The number of aliphatic hydroxyl groups excluding tert-OH is 1. The Kier molecular flexibility index (Phi) is 9.22. The van der Waals surface area contributed by atoms with E-state index < -0.39 is 6.03 Å². The second-order valence-corrected chi connectivity index (χ2v) is 4.60. The van der Waals surface area contributed by atoms with Crippen LogP contribution in [0.3, 0.4) is 0 Å². The summed E-state index contributed by atoms with van der Waals surface area (Å²) in [7, 11) is 0. The second-order valence-electron chi connectivity index (χ2n) is 4.60. The first kappa shape index (κ1) is 16.9. The zero-order valence-corrected chi connectivity index (χ0v) is 11.5. The number of carbonyl (C=O) groups is 2. The predicted octanol–water partition coefficient (Wildman–Crippen LogP) is 0.173. The Morgan fingerprint density at radius 1 is 1.33 bits per heavy atom. The van der Waals surface area contributed by atoms with Crippen LogP contribution in [-0.4, -0.2) is 54.7 Å². The number of carbonyl (C=O) groups excluding carboxylic acids is 2. The van der Waals surface area contributed by atoms with E-state index in [0.29, 0.717) is 32.0 Å². The van der Waals surface area contributed by atoms with E-state index in [1.165, 1.54) is 0 Å². The van der Waals surface area contributed by atoms with E-state index in [-0.39, 0.29) is 19.1 Å². The molecule has 0 bridgehead atoms. The van der Waals surface area contributed by atoms with Crippen molar-refractivity contribution in [2.45, 2.75) is 27.2 Å². The summed E-state index contributed by atoms with van der Waals surface area (Å²) in [4.78, 5) is 24.8. The molecule has 3 amide bonds. The van der Waals surface area contributed by atoms with Gasteiger partial charge >= 0.3 is 6.03 Å². The molecule has 0 aromatic heterocycles. The number of amides is 3. The van der Waals surface area contributed by atoms with E-state index in [0.717, 1.165) is 0 Å². The molecule has 6 heteroatoms. The van der Waals surface area contributed by atoms with Crippen LogP contribution in [0.4, 0.5) is 4.79 Å². The first-order valence-corrected chi connectivity index (χ1v) is 6.40. The standard InChI is InChI=1S/C12H25N3O3/c1-4-15(6-5-7-16)9-11(17)14-12(18)13-8-10(2)3/h10,16H,4-9H2,1-3H3,(H2,13,14,17,18). The molecular weight excluding hydrogens is 234 g/mol. The summed E-state index contributed by atoms with van der Waals surface area (Å²) >= 11 is 0. The Morgan fingerprint density at radius 2 is 2.00 bits per heavy atom. The number of hydrogen-bond acceptors (Lipinski definition) is 4. The Labute approximate surface area is 109 Å². The van der Waals surface area contributed by atoms with Gasteiger partial charge in [-0.15, -0.1) is 0 Å². The number of aliphatic hydroxyl groups is 1. The number of urea groups is 1. The molecular formula is C12H25N3O3. The molecule has 6 nitrogen and oxygen atoms in total. The topological polar surface area (TPSA) is 81.7 Å². The van der Waals surface area contributed by atoms with E-state index in [4.69, 9.17) is 5.11 Å². The van der Waals surface area contributed by atoms with Crippen molar-refractivity contribution in [3.05, 3.63) is 0 Å². The van der Waals surface area contributed by atoms with Crippen LogP contribution in [0.2, 0.25) is 0 Å². The lowest BCUT2D eigenvalue weighted by molar-refractivity contribution is -0.121. The maximum absolute atomic E-state index is 11.6. The van der Waals surface area contributed by atoms with Crippen LogP contribution in [0.1, 0.15) is 27.2 Å². The molecule has 0 radical (unpaired) electrons. The van der Waals surface area contributed by atoms with Crippen molar-refractivity contribution in [1.82, 2.24) is 15.5 Å². The summed E-state index contributed by atoms with van der Waals surface area (Å²) in [5, 5.41) is 13.6. The summed E-state index contributed by atoms with van der Waals surface area (Å²) < 4.78 is 0. The summed E-state index contributed by atoms with van der Waals surface area (Å²) in [5.41, 5.74) is 0. The van der Waals surface area contributed by atoms with Gasteiger partial charge in [-0.3, -0.25) is 15.0 Å². The predicted molar refractivity (Wildman–Crippen MR) is 70.2 cm³/mol. The molecule has 0 aliphatic heterocycles. The van der Waals surface area contributed by atoms with Crippen LogP contribution in [0.25, 0.3) is 0 Å². The molecule has 0 fully saturated rings. The van der Waals surface area contributed by atoms with Gasteiger partial charge in [0.25, 0.3) is 0 Å². The van der Waals surface area contributed by atoms with Crippen LogP contribution in [0, 0.1) is 5.92 Å². The lowest BCUT2D eigenvalue weighted by Gasteiger charge is -2.19. The molecule has 0 rings (SSSR count). The Hall–Kier alpha value is -1.14. The monoisotopic (exact) mass is 259 g/mol. The van der Waals surface area contributed by atoms with Crippen molar-refractivity contribution < 1.29 is 14.7 Å². The fourth-order valence-corrected chi connectivity index (χ4v) is 1.35. The normalized spacial score (nSPS) is 10.8. The van der Waals surface area contributed by atoms with Crippen molar-refractivity contribution in [2.24, 2.45) is 5.92 Å². The third-order valence-electron chi connectivity index (χ3n) is 2.37. The van der Waals surface area contributed by atoms with E-state index >= 15 is 0 Å². The van der Waals surface area contributed by atoms with Crippen molar-refractivity contribution in [2.75, 3.05) is 32.8 Å². The van der Waals surface area contributed by atoms with Gasteiger partial charge in [0, 0.05) is 19.7 Å². The fourth-order valence-electron chi connectivity index (χ4n) is 1.35. The number of nitrogens with zero attached hydrogens (tertiary/aromatic N) is 1. The highest BCUT2D eigenvalue weighted by Crippen LogP contribution is 1.91. The lowest BCUT2D eigenvalue weighted by Crippen LogP contribution is -2.45. The molecule has 18 heavy (non-hydrogen) atoms. The Bertz CT molecular complexity index is 257. The van der Waals surface area contributed by atoms with Crippen molar-refractivity contribution in [3.63, 3.8) is 0 Å². The molecule has 0 aliphatic rings. The SMILES string of the molecule is CCN(CCCO)CC(=O)NC(=O)NCC(C)C. The molecule has 0 aromatic carbocycles. The van der Waals surface area contributed by atoms with Gasteiger partial charge in [-0.25, -0.2) is 4.79 Å². The highest BCUT2D eigenvalue weighted by molar-refractivity contribution is 5.95. The molecule has 0 saturated carbocycles. The molecule has 0 spiro atoms. The molecule has 106 valence electrons. The lowest BCUT2D eigenvalue weighted by atomic mass is 10.2. The Balaban J connectivity index is 3.89. The maximum Gasteiger partial charge on any atom is 0.321 e. The van der Waals surface area contributed by atoms with Crippen molar-refractivity contribution >= 4 is 11.9 Å². The summed E-state index contributed by atoms with van der Waals surface area (Å²) in [6.07, 6.45) is 0.626. The first-order chi connectivity index (χ1) is 8.49. The number of rotatable bonds is 8. The minimum absolute atomic E-state index is 0.104. The summed E-state index contributed by atoms with van der Waals surface area (Å²) in [6, 6.07) is -0.452. The van der Waals surface area contributed by atoms with E-state index in [1.54, 1.807) is 0 Å². The molecule has 0 aliphatic carbocycles. The zero-order valence-electron chi connectivity index (χ0n) is 11.5. The number of nitrogens with one attached hydrogen (secondary N) is 2.